The molecule has 4 nitrogen and oxygen atoms in total. The average molecular weight is 386 g/mol. The predicted molar refractivity (Wildman–Crippen MR) is 98.4 cm³/mol. The lowest BCUT2D eigenvalue weighted by Crippen LogP contribution is -2.25. The van der Waals surface area contributed by atoms with Crippen LogP contribution in [0.15, 0.2) is 47.6 Å². The number of ether oxygens (including phenoxy) is 1. The Morgan fingerprint density at radius 3 is 2.46 bits per heavy atom. The van der Waals surface area contributed by atoms with E-state index in [4.69, 9.17) is 39.5 Å². The van der Waals surface area contributed by atoms with Crippen LogP contribution in [0.3, 0.4) is 0 Å². The molecule has 1 amide bonds. The van der Waals surface area contributed by atoms with Crippen molar-refractivity contribution >= 4 is 46.4 Å². The summed E-state index contributed by atoms with van der Waals surface area (Å²) in [5.41, 5.74) is 4.34. The van der Waals surface area contributed by atoms with Crippen LogP contribution in [0.25, 0.3) is 0 Å². The molecule has 0 bridgehead atoms. The van der Waals surface area contributed by atoms with Gasteiger partial charge in [0.05, 0.1) is 15.1 Å². The predicted octanol–water partition coefficient (Wildman–Crippen LogP) is 4.76. The van der Waals surface area contributed by atoms with Gasteiger partial charge in [-0.25, -0.2) is 5.43 Å². The van der Waals surface area contributed by atoms with Crippen LogP contribution < -0.4 is 10.2 Å². The molecule has 0 aliphatic rings. The highest BCUT2D eigenvalue weighted by molar-refractivity contribution is 6.43. The van der Waals surface area contributed by atoms with E-state index < -0.39 is 5.91 Å². The highest BCUT2D eigenvalue weighted by atomic mass is 35.5. The summed E-state index contributed by atoms with van der Waals surface area (Å²) in [6, 6.07) is 12.8. The fourth-order valence-electron chi connectivity index (χ4n) is 1.88. The van der Waals surface area contributed by atoms with Gasteiger partial charge >= 0.3 is 0 Å². The van der Waals surface area contributed by atoms with Crippen molar-refractivity contribution in [1.82, 2.24) is 5.43 Å². The zero-order chi connectivity index (χ0) is 17.5. The van der Waals surface area contributed by atoms with Gasteiger partial charge in [0.2, 0.25) is 0 Å². The van der Waals surface area contributed by atoms with E-state index in [1.54, 1.807) is 0 Å². The van der Waals surface area contributed by atoms with Crippen LogP contribution in [0, 0.1) is 0 Å². The number of amides is 1. The van der Waals surface area contributed by atoms with Crippen molar-refractivity contribution in [1.29, 1.82) is 0 Å². The number of hydrazone groups is 1. The summed E-state index contributed by atoms with van der Waals surface area (Å²) in [6.07, 6.45) is 0.653. The highest BCUT2D eigenvalue weighted by Crippen LogP contribution is 2.33. The number of carbonyl (C=O) groups excluding carboxylic acids is 1. The lowest BCUT2D eigenvalue weighted by molar-refractivity contribution is -0.123. The van der Waals surface area contributed by atoms with Crippen molar-refractivity contribution in [3.8, 4) is 5.75 Å². The standard InChI is InChI=1S/C17H15Cl3N2O2/c1-11(7-12-5-3-2-4-6-12)21-22-17(23)10-24-16-9-14(19)13(18)8-15(16)20/h2-6,8-9H,7,10H2,1H3,(H,22,23)/b21-11+. The smallest absolute Gasteiger partial charge is 0.277 e. The number of nitrogens with one attached hydrogen (secondary N) is 1. The van der Waals surface area contributed by atoms with E-state index in [2.05, 4.69) is 10.5 Å². The molecule has 0 spiro atoms. The van der Waals surface area contributed by atoms with E-state index in [0.29, 0.717) is 16.5 Å². The van der Waals surface area contributed by atoms with Gasteiger partial charge in [-0.1, -0.05) is 65.1 Å². The number of halogens is 3. The molecule has 7 heteroatoms. The lowest BCUT2D eigenvalue weighted by Gasteiger charge is -2.08. The molecule has 0 unspecified atom stereocenters. The Hall–Kier alpha value is -1.75. The van der Waals surface area contributed by atoms with Crippen LogP contribution in [0.5, 0.6) is 5.75 Å². The topological polar surface area (TPSA) is 50.7 Å². The maximum atomic E-state index is 11.8. The molecule has 0 atom stereocenters. The van der Waals surface area contributed by atoms with Crippen LogP contribution in [0.4, 0.5) is 0 Å². The zero-order valence-corrected chi connectivity index (χ0v) is 15.1. The van der Waals surface area contributed by atoms with Crippen LogP contribution in [-0.2, 0) is 11.2 Å². The van der Waals surface area contributed by atoms with E-state index in [0.717, 1.165) is 11.3 Å². The van der Waals surface area contributed by atoms with E-state index in [1.807, 2.05) is 37.3 Å². The van der Waals surface area contributed by atoms with Gasteiger partial charge in [-0.15, -0.1) is 0 Å². The maximum Gasteiger partial charge on any atom is 0.277 e. The van der Waals surface area contributed by atoms with Crippen LogP contribution in [0.2, 0.25) is 15.1 Å². The number of rotatable bonds is 6. The van der Waals surface area contributed by atoms with Crippen molar-refractivity contribution in [2.24, 2.45) is 5.10 Å². The summed E-state index contributed by atoms with van der Waals surface area (Å²) in [5.74, 6) is -0.115. The van der Waals surface area contributed by atoms with Crippen molar-refractivity contribution < 1.29 is 9.53 Å². The van der Waals surface area contributed by atoms with Crippen molar-refractivity contribution in [2.75, 3.05) is 6.61 Å². The maximum absolute atomic E-state index is 11.8. The molecule has 2 aromatic carbocycles. The first kappa shape index (κ1) is 18.6. The van der Waals surface area contributed by atoms with Gasteiger partial charge in [0.15, 0.2) is 6.61 Å². The first-order valence-electron chi connectivity index (χ1n) is 7.09. The average Bonchev–Trinajstić information content (AvgIpc) is 2.56. The van der Waals surface area contributed by atoms with Crippen molar-refractivity contribution in [3.63, 3.8) is 0 Å². The van der Waals surface area contributed by atoms with Crippen LogP contribution >= 0.6 is 34.8 Å². The summed E-state index contributed by atoms with van der Waals surface area (Å²) >= 11 is 17.7. The molecule has 0 saturated carbocycles. The summed E-state index contributed by atoms with van der Waals surface area (Å²) in [6.45, 7) is 1.60. The molecule has 1 N–H and O–H groups in total. The quantitative estimate of drug-likeness (QED) is 0.443. The Kier molecular flexibility index (Phi) is 6.91. The first-order chi connectivity index (χ1) is 11.5. The third-order valence-electron chi connectivity index (χ3n) is 3.01. The SMILES string of the molecule is C/C(Cc1ccccc1)=N\NC(=O)COc1cc(Cl)c(Cl)cc1Cl. The molecule has 126 valence electrons. The lowest BCUT2D eigenvalue weighted by atomic mass is 10.1. The molecule has 0 aromatic heterocycles. The largest absolute Gasteiger partial charge is 0.482 e. The number of carbonyl (C=O) groups is 1. The van der Waals surface area contributed by atoms with Crippen molar-refractivity contribution in [2.45, 2.75) is 13.3 Å². The van der Waals surface area contributed by atoms with Crippen LogP contribution in [-0.4, -0.2) is 18.2 Å². The number of hydrogen-bond donors (Lipinski definition) is 1. The molecule has 0 aliphatic heterocycles. The minimum Gasteiger partial charge on any atom is -0.482 e. The molecular weight excluding hydrogens is 371 g/mol. The monoisotopic (exact) mass is 384 g/mol. The Morgan fingerprint density at radius 2 is 1.75 bits per heavy atom. The van der Waals surface area contributed by atoms with Crippen LogP contribution in [0.1, 0.15) is 12.5 Å². The third-order valence-corrected chi connectivity index (χ3v) is 4.03. The van der Waals surface area contributed by atoms with Gasteiger partial charge in [0.25, 0.3) is 5.91 Å². The zero-order valence-electron chi connectivity index (χ0n) is 12.9. The Balaban J connectivity index is 1.85. The number of nitrogens with zero attached hydrogens (tertiary/aromatic N) is 1. The minimum absolute atomic E-state index is 0.236. The second-order valence-corrected chi connectivity index (χ2v) is 6.25. The summed E-state index contributed by atoms with van der Waals surface area (Å²) in [5, 5.41) is 4.94. The van der Waals surface area contributed by atoms with Gasteiger partial charge in [-0.05, 0) is 18.6 Å². The molecule has 0 radical (unpaired) electrons. The van der Waals surface area contributed by atoms with Gasteiger partial charge in [-0.3, -0.25) is 4.79 Å². The fourth-order valence-corrected chi connectivity index (χ4v) is 2.47. The molecule has 24 heavy (non-hydrogen) atoms. The third kappa shape index (κ3) is 5.71. The number of hydrogen-bond acceptors (Lipinski definition) is 3. The Labute approximate surface area is 155 Å². The van der Waals surface area contributed by atoms with Gasteiger partial charge < -0.3 is 4.74 Å². The van der Waals surface area contributed by atoms with Gasteiger partial charge in [0.1, 0.15) is 5.75 Å². The van der Waals surface area contributed by atoms with E-state index in [-0.39, 0.29) is 17.4 Å². The Bertz CT molecular complexity index is 749. The first-order valence-corrected chi connectivity index (χ1v) is 8.22. The summed E-state index contributed by atoms with van der Waals surface area (Å²) < 4.78 is 5.33. The normalized spacial score (nSPS) is 11.2. The minimum atomic E-state index is -0.399. The van der Waals surface area contributed by atoms with Gasteiger partial charge in [-0.2, -0.15) is 5.10 Å². The Morgan fingerprint density at radius 1 is 1.08 bits per heavy atom. The second kappa shape index (κ2) is 8.92. The fraction of sp³-hybridized carbons (Fsp3) is 0.176. The summed E-state index contributed by atoms with van der Waals surface area (Å²) in [7, 11) is 0. The van der Waals surface area contributed by atoms with E-state index >= 15 is 0 Å². The molecule has 0 saturated heterocycles. The molecule has 0 aliphatic carbocycles. The molecular formula is C17H15Cl3N2O2. The molecule has 2 rings (SSSR count). The molecule has 2 aromatic rings. The second-order valence-electron chi connectivity index (χ2n) is 5.03. The van der Waals surface area contributed by atoms with Crippen molar-refractivity contribution in [3.05, 3.63) is 63.1 Å². The molecule has 0 heterocycles. The van der Waals surface area contributed by atoms with Gasteiger partial charge in [0, 0.05) is 18.2 Å². The summed E-state index contributed by atoms with van der Waals surface area (Å²) in [4.78, 5) is 11.8. The highest BCUT2D eigenvalue weighted by Gasteiger charge is 2.09. The van der Waals surface area contributed by atoms with E-state index in [9.17, 15) is 4.79 Å². The molecule has 0 fully saturated rings. The van der Waals surface area contributed by atoms with E-state index in [1.165, 1.54) is 12.1 Å². The number of benzene rings is 2.